The van der Waals surface area contributed by atoms with Crippen LogP contribution in [-0.4, -0.2) is 41.6 Å². The summed E-state index contributed by atoms with van der Waals surface area (Å²) < 4.78 is 0. The second-order valence-corrected chi connectivity index (χ2v) is 4.38. The first kappa shape index (κ1) is 13.3. The van der Waals surface area contributed by atoms with E-state index < -0.39 is 18.0 Å². The number of amides is 3. The van der Waals surface area contributed by atoms with Gasteiger partial charge in [-0.1, -0.05) is 13.8 Å². The molecule has 0 spiro atoms. The van der Waals surface area contributed by atoms with Gasteiger partial charge in [0.05, 0.1) is 6.04 Å². The molecule has 1 unspecified atom stereocenters. The van der Waals surface area contributed by atoms with Crippen LogP contribution in [0.5, 0.6) is 0 Å². The van der Waals surface area contributed by atoms with Crippen molar-refractivity contribution in [2.45, 2.75) is 32.4 Å². The van der Waals surface area contributed by atoms with Crippen molar-refractivity contribution in [3.05, 3.63) is 0 Å². The zero-order valence-electron chi connectivity index (χ0n) is 9.82. The first-order valence-corrected chi connectivity index (χ1v) is 5.46. The number of aliphatic carboxylic acids is 1. The molecule has 7 heteroatoms. The summed E-state index contributed by atoms with van der Waals surface area (Å²) in [7, 11) is 0. The van der Waals surface area contributed by atoms with Crippen LogP contribution in [-0.2, 0) is 9.59 Å². The third kappa shape index (κ3) is 3.93. The Kier molecular flexibility index (Phi) is 4.30. The van der Waals surface area contributed by atoms with Gasteiger partial charge in [-0.05, 0) is 5.92 Å². The minimum Gasteiger partial charge on any atom is -0.480 e. The molecule has 17 heavy (non-hydrogen) atoms. The molecule has 0 radical (unpaired) electrons. The largest absolute Gasteiger partial charge is 0.480 e. The van der Waals surface area contributed by atoms with E-state index in [0.29, 0.717) is 6.54 Å². The van der Waals surface area contributed by atoms with Crippen molar-refractivity contribution in [1.29, 1.82) is 0 Å². The number of hydrogen-bond acceptors (Lipinski definition) is 3. The van der Waals surface area contributed by atoms with Gasteiger partial charge in [0.2, 0.25) is 5.91 Å². The number of rotatable bonds is 4. The van der Waals surface area contributed by atoms with E-state index in [-0.39, 0.29) is 24.3 Å². The first-order valence-electron chi connectivity index (χ1n) is 5.46. The van der Waals surface area contributed by atoms with Crippen molar-refractivity contribution in [2.75, 3.05) is 6.54 Å². The molecule has 0 aromatic heterocycles. The van der Waals surface area contributed by atoms with Crippen LogP contribution in [0.25, 0.3) is 0 Å². The van der Waals surface area contributed by atoms with Gasteiger partial charge in [-0.15, -0.1) is 0 Å². The number of carboxylic acid groups (broad SMARTS) is 1. The van der Waals surface area contributed by atoms with Crippen LogP contribution in [0.1, 0.15) is 20.3 Å². The minimum atomic E-state index is -1.07. The van der Waals surface area contributed by atoms with Crippen LogP contribution in [0.3, 0.4) is 0 Å². The van der Waals surface area contributed by atoms with Gasteiger partial charge in [0, 0.05) is 13.0 Å². The van der Waals surface area contributed by atoms with Crippen LogP contribution in [0.4, 0.5) is 4.79 Å². The Labute approximate surface area is 98.9 Å². The summed E-state index contributed by atoms with van der Waals surface area (Å²) in [6.07, 6.45) is 0.229. The second kappa shape index (κ2) is 5.51. The summed E-state index contributed by atoms with van der Waals surface area (Å²) >= 11 is 0. The second-order valence-electron chi connectivity index (χ2n) is 4.38. The Bertz CT molecular complexity index is 330. The lowest BCUT2D eigenvalue weighted by Crippen LogP contribution is -2.51. The predicted octanol–water partition coefficient (Wildman–Crippen LogP) is -0.717. The van der Waals surface area contributed by atoms with E-state index >= 15 is 0 Å². The van der Waals surface area contributed by atoms with Gasteiger partial charge in [-0.25, -0.2) is 9.59 Å². The number of carboxylic acids is 1. The molecular weight excluding hydrogens is 226 g/mol. The van der Waals surface area contributed by atoms with Gasteiger partial charge in [0.15, 0.2) is 0 Å². The van der Waals surface area contributed by atoms with Gasteiger partial charge in [-0.3, -0.25) is 4.79 Å². The molecule has 96 valence electrons. The highest BCUT2D eigenvalue weighted by molar-refractivity contribution is 5.84. The monoisotopic (exact) mass is 243 g/mol. The lowest BCUT2D eigenvalue weighted by Gasteiger charge is -2.19. The van der Waals surface area contributed by atoms with Crippen molar-refractivity contribution in [3.63, 3.8) is 0 Å². The Hall–Kier alpha value is -1.79. The Balaban J connectivity index is 2.42. The van der Waals surface area contributed by atoms with Crippen LogP contribution < -0.4 is 16.0 Å². The van der Waals surface area contributed by atoms with Gasteiger partial charge >= 0.3 is 12.0 Å². The number of carbonyl (C=O) groups excluding carboxylic acids is 2. The third-order valence-corrected chi connectivity index (χ3v) is 2.53. The Morgan fingerprint density at radius 3 is 2.53 bits per heavy atom. The fourth-order valence-electron chi connectivity index (χ4n) is 1.59. The zero-order valence-corrected chi connectivity index (χ0v) is 9.82. The van der Waals surface area contributed by atoms with E-state index in [2.05, 4.69) is 16.0 Å². The molecule has 0 aromatic rings. The van der Waals surface area contributed by atoms with E-state index in [1.807, 2.05) is 0 Å². The van der Waals surface area contributed by atoms with E-state index in [1.54, 1.807) is 13.8 Å². The van der Waals surface area contributed by atoms with Gasteiger partial charge in [0.25, 0.3) is 0 Å². The highest BCUT2D eigenvalue weighted by atomic mass is 16.4. The van der Waals surface area contributed by atoms with E-state index in [4.69, 9.17) is 5.11 Å². The van der Waals surface area contributed by atoms with Crippen LogP contribution in [0.15, 0.2) is 0 Å². The molecule has 7 nitrogen and oxygen atoms in total. The van der Waals surface area contributed by atoms with Gasteiger partial charge in [-0.2, -0.15) is 0 Å². The zero-order chi connectivity index (χ0) is 13.0. The molecular formula is C10H17N3O4. The summed E-state index contributed by atoms with van der Waals surface area (Å²) in [5.41, 5.74) is 0. The average Bonchev–Trinajstić information content (AvgIpc) is 2.59. The molecule has 1 saturated heterocycles. The Morgan fingerprint density at radius 2 is 2.12 bits per heavy atom. The minimum absolute atomic E-state index is 0.117. The summed E-state index contributed by atoms with van der Waals surface area (Å²) in [6.45, 7) is 3.80. The summed E-state index contributed by atoms with van der Waals surface area (Å²) in [4.78, 5) is 33.3. The Morgan fingerprint density at radius 1 is 1.47 bits per heavy atom. The molecule has 1 rings (SSSR count). The van der Waals surface area contributed by atoms with Gasteiger partial charge in [0.1, 0.15) is 6.04 Å². The molecule has 3 amide bonds. The predicted molar refractivity (Wildman–Crippen MR) is 59.3 cm³/mol. The van der Waals surface area contributed by atoms with Crippen molar-refractivity contribution >= 4 is 17.9 Å². The maximum absolute atomic E-state index is 11.5. The summed E-state index contributed by atoms with van der Waals surface area (Å²) in [5, 5.41) is 16.4. The molecule has 0 bridgehead atoms. The lowest BCUT2D eigenvalue weighted by molar-refractivity contribution is -0.140. The quantitative estimate of drug-likeness (QED) is 0.522. The van der Waals surface area contributed by atoms with Crippen LogP contribution in [0, 0.1) is 5.92 Å². The molecule has 1 aliphatic heterocycles. The number of urea groups is 1. The lowest BCUT2D eigenvalue weighted by atomic mass is 10.1. The number of hydrogen-bond donors (Lipinski definition) is 4. The van der Waals surface area contributed by atoms with Gasteiger partial charge < -0.3 is 21.1 Å². The number of carbonyl (C=O) groups is 3. The van der Waals surface area contributed by atoms with Crippen molar-refractivity contribution < 1.29 is 19.5 Å². The highest BCUT2D eigenvalue weighted by Crippen LogP contribution is 2.02. The maximum Gasteiger partial charge on any atom is 0.326 e. The third-order valence-electron chi connectivity index (χ3n) is 2.53. The van der Waals surface area contributed by atoms with E-state index in [0.717, 1.165) is 0 Å². The summed E-state index contributed by atoms with van der Waals surface area (Å²) in [6, 6.07) is -1.77. The molecule has 0 saturated carbocycles. The van der Waals surface area contributed by atoms with Crippen LogP contribution in [0.2, 0.25) is 0 Å². The molecule has 4 N–H and O–H groups in total. The molecule has 1 fully saturated rings. The first-order chi connectivity index (χ1) is 7.90. The standard InChI is InChI=1S/C10H17N3O4/c1-5(2)8(9(15)16)13-10(17)12-6-3-7(14)11-4-6/h5-6,8H,3-4H2,1-2H3,(H,11,14)(H,15,16)(H2,12,13,17)/t6?,8-/m1/s1. The fraction of sp³-hybridized carbons (Fsp3) is 0.700. The molecule has 1 heterocycles. The van der Waals surface area contributed by atoms with Crippen molar-refractivity contribution in [3.8, 4) is 0 Å². The topological polar surface area (TPSA) is 108 Å². The van der Waals surface area contributed by atoms with Crippen LogP contribution >= 0.6 is 0 Å². The van der Waals surface area contributed by atoms with E-state index in [9.17, 15) is 14.4 Å². The molecule has 0 aromatic carbocycles. The molecule has 0 aliphatic carbocycles. The fourth-order valence-corrected chi connectivity index (χ4v) is 1.59. The van der Waals surface area contributed by atoms with E-state index in [1.165, 1.54) is 0 Å². The SMILES string of the molecule is CC(C)[C@@H](NC(=O)NC1CNC(=O)C1)C(=O)O. The average molecular weight is 243 g/mol. The van der Waals surface area contributed by atoms with Crippen molar-refractivity contribution in [1.82, 2.24) is 16.0 Å². The molecule has 1 aliphatic rings. The highest BCUT2D eigenvalue weighted by Gasteiger charge is 2.27. The van der Waals surface area contributed by atoms with Crippen molar-refractivity contribution in [2.24, 2.45) is 5.92 Å². The summed E-state index contributed by atoms with van der Waals surface area (Å²) in [5.74, 6) is -1.40. The smallest absolute Gasteiger partial charge is 0.326 e. The number of nitrogens with one attached hydrogen (secondary N) is 3. The maximum atomic E-state index is 11.5. The normalized spacial score (nSPS) is 20.9. The molecule has 2 atom stereocenters.